The number of anilines is 1. The summed E-state index contributed by atoms with van der Waals surface area (Å²) >= 11 is 0. The molecule has 1 fully saturated rings. The molecule has 0 spiro atoms. The van der Waals surface area contributed by atoms with Gasteiger partial charge in [-0.05, 0) is 48.4 Å². The topological polar surface area (TPSA) is 108 Å². The van der Waals surface area contributed by atoms with Crippen LogP contribution in [0.2, 0.25) is 0 Å². The van der Waals surface area contributed by atoms with Gasteiger partial charge in [0.2, 0.25) is 5.91 Å². The van der Waals surface area contributed by atoms with Gasteiger partial charge < -0.3 is 15.8 Å². The summed E-state index contributed by atoms with van der Waals surface area (Å²) < 4.78 is 6.91. The van der Waals surface area contributed by atoms with Crippen molar-refractivity contribution in [3.8, 4) is 11.4 Å². The molecule has 3 rings (SSSR count). The number of methoxy groups -OCH3 is 1. The Kier molecular flexibility index (Phi) is 3.99. The predicted octanol–water partition coefficient (Wildman–Crippen LogP) is 1.19. The highest BCUT2D eigenvalue weighted by molar-refractivity contribution is 5.98. The monoisotopic (exact) mass is 316 g/mol. The molecule has 0 radical (unpaired) electrons. The minimum absolute atomic E-state index is 0.153. The van der Waals surface area contributed by atoms with Gasteiger partial charge >= 0.3 is 0 Å². The number of nitrogens with two attached hydrogens (primary N) is 1. The third kappa shape index (κ3) is 2.89. The zero-order valence-electron chi connectivity index (χ0n) is 13.2. The van der Waals surface area contributed by atoms with Crippen molar-refractivity contribution in [1.29, 1.82) is 0 Å². The van der Waals surface area contributed by atoms with E-state index in [0.717, 1.165) is 12.8 Å². The summed E-state index contributed by atoms with van der Waals surface area (Å²) in [6.07, 6.45) is 3.41. The molecule has 1 aromatic heterocycles. The minimum Gasteiger partial charge on any atom is -0.494 e. The Morgan fingerprint density at radius 2 is 2.13 bits per heavy atom. The van der Waals surface area contributed by atoms with Crippen LogP contribution in [-0.2, 0) is 4.79 Å². The number of nitrogens with zero attached hydrogens (tertiary/aromatic N) is 4. The number of ether oxygens (including phenoxy) is 1. The van der Waals surface area contributed by atoms with Gasteiger partial charge in [-0.1, -0.05) is 12.8 Å². The third-order valence-corrected chi connectivity index (χ3v) is 4.24. The summed E-state index contributed by atoms with van der Waals surface area (Å²) in [7, 11) is 1.57. The number of carbonyl (C=O) groups excluding carboxylic acids is 1. The van der Waals surface area contributed by atoms with Crippen LogP contribution < -0.4 is 15.8 Å². The van der Waals surface area contributed by atoms with E-state index in [4.69, 9.17) is 10.5 Å². The van der Waals surface area contributed by atoms with Crippen molar-refractivity contribution in [2.75, 3.05) is 12.4 Å². The molecule has 1 amide bonds. The molecule has 1 saturated carbocycles. The highest BCUT2D eigenvalue weighted by Gasteiger charge is 2.37. The summed E-state index contributed by atoms with van der Waals surface area (Å²) in [6, 6.07) is 5.32. The Morgan fingerprint density at radius 1 is 1.39 bits per heavy atom. The van der Waals surface area contributed by atoms with Gasteiger partial charge in [0.1, 0.15) is 11.4 Å². The number of carbonyl (C=O) groups is 1. The van der Waals surface area contributed by atoms with Crippen LogP contribution in [0.15, 0.2) is 18.2 Å². The van der Waals surface area contributed by atoms with Gasteiger partial charge in [0.05, 0.1) is 12.6 Å². The molecule has 1 aliphatic rings. The third-order valence-electron chi connectivity index (χ3n) is 4.24. The first-order valence-electron chi connectivity index (χ1n) is 7.57. The average Bonchev–Trinajstić information content (AvgIpc) is 3.16. The maximum atomic E-state index is 12.4. The fourth-order valence-corrected chi connectivity index (χ4v) is 2.88. The van der Waals surface area contributed by atoms with E-state index in [0.29, 0.717) is 35.8 Å². The second-order valence-electron chi connectivity index (χ2n) is 5.84. The number of hydrogen-bond acceptors (Lipinski definition) is 6. The van der Waals surface area contributed by atoms with Gasteiger partial charge in [0.15, 0.2) is 5.82 Å². The average molecular weight is 316 g/mol. The van der Waals surface area contributed by atoms with Crippen LogP contribution >= 0.6 is 0 Å². The van der Waals surface area contributed by atoms with E-state index < -0.39 is 5.54 Å². The molecule has 2 aromatic rings. The maximum Gasteiger partial charge on any atom is 0.244 e. The Bertz CT molecular complexity index is 721. The largest absolute Gasteiger partial charge is 0.494 e. The molecule has 8 nitrogen and oxygen atoms in total. The normalized spacial score (nSPS) is 16.3. The quantitative estimate of drug-likeness (QED) is 0.877. The van der Waals surface area contributed by atoms with Crippen LogP contribution in [-0.4, -0.2) is 38.8 Å². The lowest BCUT2D eigenvalue weighted by molar-refractivity contribution is -0.121. The number of amides is 1. The van der Waals surface area contributed by atoms with Crippen molar-refractivity contribution in [1.82, 2.24) is 20.2 Å². The van der Waals surface area contributed by atoms with Crippen LogP contribution in [0.4, 0.5) is 5.69 Å². The molecular formula is C15H20N6O2. The maximum absolute atomic E-state index is 12.4. The van der Waals surface area contributed by atoms with Crippen molar-refractivity contribution in [2.24, 2.45) is 5.73 Å². The van der Waals surface area contributed by atoms with Gasteiger partial charge in [-0.3, -0.25) is 4.79 Å². The van der Waals surface area contributed by atoms with E-state index in [2.05, 4.69) is 20.8 Å². The number of rotatable bonds is 4. The lowest BCUT2D eigenvalue weighted by Gasteiger charge is -2.22. The number of benzene rings is 1. The molecule has 1 heterocycles. The van der Waals surface area contributed by atoms with E-state index in [1.807, 2.05) is 0 Å². The number of aromatic nitrogens is 4. The molecule has 8 heteroatoms. The Labute approximate surface area is 134 Å². The molecule has 0 saturated heterocycles. The zero-order chi connectivity index (χ0) is 16.4. The van der Waals surface area contributed by atoms with E-state index in [1.54, 1.807) is 36.9 Å². The van der Waals surface area contributed by atoms with Crippen LogP contribution in [0.1, 0.15) is 31.5 Å². The lowest BCUT2D eigenvalue weighted by Crippen LogP contribution is -2.48. The predicted molar refractivity (Wildman–Crippen MR) is 84.5 cm³/mol. The molecule has 3 N–H and O–H groups in total. The Hall–Kier alpha value is -2.48. The molecule has 23 heavy (non-hydrogen) atoms. The van der Waals surface area contributed by atoms with Crippen molar-refractivity contribution >= 4 is 11.6 Å². The standard InChI is InChI=1S/C15H20N6O2/c1-10-18-19-20-21(10)12-9-11(5-6-13(12)23-2)17-14(22)15(16)7-3-4-8-15/h5-6,9H,3-4,7-8,16H2,1-2H3,(H,17,22). The highest BCUT2D eigenvalue weighted by Crippen LogP contribution is 2.30. The van der Waals surface area contributed by atoms with E-state index >= 15 is 0 Å². The molecule has 0 atom stereocenters. The summed E-state index contributed by atoms with van der Waals surface area (Å²) in [5.41, 5.74) is 6.71. The van der Waals surface area contributed by atoms with Crippen molar-refractivity contribution in [3.05, 3.63) is 24.0 Å². The van der Waals surface area contributed by atoms with E-state index in [9.17, 15) is 4.79 Å². The smallest absolute Gasteiger partial charge is 0.244 e. The van der Waals surface area contributed by atoms with Gasteiger partial charge in [0, 0.05) is 5.69 Å². The Morgan fingerprint density at radius 3 is 2.74 bits per heavy atom. The number of tetrazole rings is 1. The number of nitrogens with one attached hydrogen (secondary N) is 1. The second kappa shape index (κ2) is 5.96. The highest BCUT2D eigenvalue weighted by atomic mass is 16.5. The number of aryl methyl sites for hydroxylation is 1. The molecule has 0 aliphatic heterocycles. The SMILES string of the molecule is COc1ccc(NC(=O)C2(N)CCCC2)cc1-n1nnnc1C. The molecule has 0 bridgehead atoms. The van der Waals surface area contributed by atoms with Crippen LogP contribution in [0, 0.1) is 6.92 Å². The first-order chi connectivity index (χ1) is 11.0. The number of hydrogen-bond donors (Lipinski definition) is 2. The van der Waals surface area contributed by atoms with Gasteiger partial charge in [-0.25, -0.2) is 0 Å². The summed E-state index contributed by atoms with van der Waals surface area (Å²) in [6.45, 7) is 1.79. The molecular weight excluding hydrogens is 296 g/mol. The molecule has 122 valence electrons. The van der Waals surface area contributed by atoms with E-state index in [-0.39, 0.29) is 5.91 Å². The van der Waals surface area contributed by atoms with Crippen molar-refractivity contribution in [2.45, 2.75) is 38.1 Å². The summed E-state index contributed by atoms with van der Waals surface area (Å²) in [5.74, 6) is 1.08. The first-order valence-corrected chi connectivity index (χ1v) is 7.57. The fraction of sp³-hybridized carbons (Fsp3) is 0.467. The van der Waals surface area contributed by atoms with E-state index in [1.165, 1.54) is 0 Å². The summed E-state index contributed by atoms with van der Waals surface area (Å²) in [5, 5.41) is 14.4. The fourth-order valence-electron chi connectivity index (χ4n) is 2.88. The molecule has 0 unspecified atom stereocenters. The lowest BCUT2D eigenvalue weighted by atomic mass is 9.98. The van der Waals surface area contributed by atoms with Crippen LogP contribution in [0.25, 0.3) is 5.69 Å². The van der Waals surface area contributed by atoms with Crippen LogP contribution in [0.5, 0.6) is 5.75 Å². The van der Waals surface area contributed by atoms with Crippen molar-refractivity contribution in [3.63, 3.8) is 0 Å². The zero-order valence-corrected chi connectivity index (χ0v) is 13.2. The first kappa shape index (κ1) is 15.4. The van der Waals surface area contributed by atoms with Gasteiger partial charge in [0.25, 0.3) is 0 Å². The van der Waals surface area contributed by atoms with Gasteiger partial charge in [-0.15, -0.1) is 5.10 Å². The van der Waals surface area contributed by atoms with Crippen molar-refractivity contribution < 1.29 is 9.53 Å². The van der Waals surface area contributed by atoms with Crippen LogP contribution in [0.3, 0.4) is 0 Å². The van der Waals surface area contributed by atoms with Gasteiger partial charge in [-0.2, -0.15) is 4.68 Å². The molecule has 1 aliphatic carbocycles. The summed E-state index contributed by atoms with van der Waals surface area (Å²) in [4.78, 5) is 12.4. The molecule has 1 aromatic carbocycles. The minimum atomic E-state index is -0.773. The Balaban J connectivity index is 1.89. The second-order valence-corrected chi connectivity index (χ2v) is 5.84.